The topological polar surface area (TPSA) is 29.1 Å². The van der Waals surface area contributed by atoms with Gasteiger partial charge in [-0.1, -0.05) is 0 Å². The van der Waals surface area contributed by atoms with Gasteiger partial charge >= 0.3 is 0 Å². The number of hydrogen-bond acceptors (Lipinski definition) is 1. The lowest BCUT2D eigenvalue weighted by atomic mass is 10.2. The van der Waals surface area contributed by atoms with Gasteiger partial charge in [0.15, 0.2) is 5.83 Å². The molecule has 0 unspecified atom stereocenters. The van der Waals surface area contributed by atoms with Crippen molar-refractivity contribution in [3.8, 4) is 0 Å². The first-order valence-corrected chi connectivity index (χ1v) is 4.10. The van der Waals surface area contributed by atoms with E-state index in [0.717, 1.165) is 12.8 Å². The fourth-order valence-corrected chi connectivity index (χ4v) is 0.869. The van der Waals surface area contributed by atoms with Crippen molar-refractivity contribution in [3.05, 3.63) is 11.4 Å². The number of hydrogen-bond donors (Lipinski definition) is 1. The van der Waals surface area contributed by atoms with Crippen LogP contribution in [0.25, 0.3) is 0 Å². The fraction of sp³-hybridized carbons (Fsp3) is 0.667. The third kappa shape index (κ3) is 2.06. The molecule has 1 aliphatic rings. The molecule has 0 heterocycles. The SMILES string of the molecule is CC(C)=C(F)C(=O)NC1(C)CC1. The highest BCUT2D eigenvalue weighted by Gasteiger charge is 2.39. The van der Waals surface area contributed by atoms with Gasteiger partial charge < -0.3 is 5.32 Å². The maximum atomic E-state index is 12.9. The Morgan fingerprint density at radius 2 is 1.92 bits per heavy atom. The molecule has 3 heteroatoms. The first-order chi connectivity index (χ1) is 5.44. The molecule has 2 nitrogen and oxygen atoms in total. The fourth-order valence-electron chi connectivity index (χ4n) is 0.869. The van der Waals surface area contributed by atoms with Gasteiger partial charge in [0.05, 0.1) is 0 Å². The minimum atomic E-state index is -0.650. The second-order valence-corrected chi connectivity index (χ2v) is 3.83. The van der Waals surface area contributed by atoms with Crippen molar-refractivity contribution in [1.82, 2.24) is 5.32 Å². The van der Waals surface area contributed by atoms with Crippen LogP contribution in [0.4, 0.5) is 4.39 Å². The quantitative estimate of drug-likeness (QED) is 0.632. The van der Waals surface area contributed by atoms with Gasteiger partial charge in [-0.15, -0.1) is 0 Å². The summed E-state index contributed by atoms with van der Waals surface area (Å²) in [6.07, 6.45) is 1.91. The van der Waals surface area contributed by atoms with Crippen LogP contribution < -0.4 is 5.32 Å². The number of allylic oxidation sites excluding steroid dienone is 1. The van der Waals surface area contributed by atoms with Gasteiger partial charge in [-0.25, -0.2) is 4.39 Å². The van der Waals surface area contributed by atoms with Crippen molar-refractivity contribution >= 4 is 5.91 Å². The summed E-state index contributed by atoms with van der Waals surface area (Å²) < 4.78 is 12.9. The van der Waals surface area contributed by atoms with Crippen LogP contribution in [0.5, 0.6) is 0 Å². The number of carbonyl (C=O) groups is 1. The normalized spacial score (nSPS) is 18.3. The lowest BCUT2D eigenvalue weighted by Gasteiger charge is -2.10. The van der Waals surface area contributed by atoms with E-state index in [1.165, 1.54) is 0 Å². The summed E-state index contributed by atoms with van der Waals surface area (Å²) in [7, 11) is 0. The Kier molecular flexibility index (Phi) is 2.22. The van der Waals surface area contributed by atoms with E-state index in [0.29, 0.717) is 5.57 Å². The summed E-state index contributed by atoms with van der Waals surface area (Å²) in [6, 6.07) is 0. The number of amides is 1. The highest BCUT2D eigenvalue weighted by molar-refractivity contribution is 5.92. The van der Waals surface area contributed by atoms with E-state index in [4.69, 9.17) is 0 Å². The number of rotatable bonds is 2. The van der Waals surface area contributed by atoms with Gasteiger partial charge in [0.25, 0.3) is 5.91 Å². The molecule has 1 N–H and O–H groups in total. The Bertz CT molecular complexity index is 237. The predicted octanol–water partition coefficient (Wildman–Crippen LogP) is 1.92. The Morgan fingerprint density at radius 1 is 1.42 bits per heavy atom. The van der Waals surface area contributed by atoms with Crippen molar-refractivity contribution in [3.63, 3.8) is 0 Å². The van der Waals surface area contributed by atoms with Crippen LogP contribution in [0.2, 0.25) is 0 Å². The first kappa shape index (κ1) is 9.23. The molecule has 0 aromatic heterocycles. The molecule has 0 spiro atoms. The Hall–Kier alpha value is -0.860. The van der Waals surface area contributed by atoms with Crippen molar-refractivity contribution in [2.45, 2.75) is 39.2 Å². The molecule has 1 saturated carbocycles. The van der Waals surface area contributed by atoms with Crippen LogP contribution in [-0.4, -0.2) is 11.4 Å². The molecule has 1 fully saturated rings. The van der Waals surface area contributed by atoms with E-state index in [9.17, 15) is 9.18 Å². The maximum absolute atomic E-state index is 12.9. The molecule has 0 aromatic carbocycles. The molecule has 0 aromatic rings. The average molecular weight is 171 g/mol. The molecule has 0 saturated heterocycles. The first-order valence-electron chi connectivity index (χ1n) is 4.10. The number of nitrogens with one attached hydrogen (secondary N) is 1. The van der Waals surface area contributed by atoms with Crippen molar-refractivity contribution in [1.29, 1.82) is 0 Å². The highest BCUT2D eigenvalue weighted by Crippen LogP contribution is 2.34. The monoisotopic (exact) mass is 171 g/mol. The minimum Gasteiger partial charge on any atom is -0.345 e. The zero-order valence-electron chi connectivity index (χ0n) is 7.70. The Balaban J connectivity index is 2.54. The highest BCUT2D eigenvalue weighted by atomic mass is 19.1. The van der Waals surface area contributed by atoms with Crippen molar-refractivity contribution in [2.75, 3.05) is 0 Å². The van der Waals surface area contributed by atoms with Crippen LogP contribution in [-0.2, 0) is 4.79 Å². The van der Waals surface area contributed by atoms with Crippen LogP contribution in [0.1, 0.15) is 33.6 Å². The molecule has 0 aliphatic heterocycles. The van der Waals surface area contributed by atoms with Crippen LogP contribution in [0.15, 0.2) is 11.4 Å². The van der Waals surface area contributed by atoms with E-state index in [2.05, 4.69) is 5.32 Å². The van der Waals surface area contributed by atoms with Gasteiger partial charge in [0.2, 0.25) is 0 Å². The number of halogens is 1. The average Bonchev–Trinajstić information content (AvgIpc) is 2.66. The van der Waals surface area contributed by atoms with E-state index in [-0.39, 0.29) is 5.54 Å². The van der Waals surface area contributed by atoms with Gasteiger partial charge in [0, 0.05) is 5.54 Å². The molecular formula is C9H14FNO. The summed E-state index contributed by atoms with van der Waals surface area (Å²) in [5.41, 5.74) is 0.292. The second kappa shape index (κ2) is 2.88. The third-order valence-corrected chi connectivity index (χ3v) is 2.05. The van der Waals surface area contributed by atoms with Gasteiger partial charge in [0.1, 0.15) is 0 Å². The molecule has 0 radical (unpaired) electrons. The minimum absolute atomic E-state index is 0.135. The summed E-state index contributed by atoms with van der Waals surface area (Å²) in [5, 5.41) is 2.64. The largest absolute Gasteiger partial charge is 0.345 e. The van der Waals surface area contributed by atoms with Gasteiger partial charge in [-0.3, -0.25) is 4.79 Å². The predicted molar refractivity (Wildman–Crippen MR) is 45.3 cm³/mol. The van der Waals surface area contributed by atoms with E-state index < -0.39 is 11.7 Å². The zero-order chi connectivity index (χ0) is 9.35. The molecular weight excluding hydrogens is 157 g/mol. The summed E-state index contributed by atoms with van der Waals surface area (Å²) in [4.78, 5) is 11.1. The van der Waals surface area contributed by atoms with Gasteiger partial charge in [-0.05, 0) is 39.2 Å². The Morgan fingerprint density at radius 3 is 2.25 bits per heavy atom. The van der Waals surface area contributed by atoms with Crippen molar-refractivity contribution < 1.29 is 9.18 Å². The second-order valence-electron chi connectivity index (χ2n) is 3.83. The summed E-state index contributed by atoms with van der Waals surface area (Å²) >= 11 is 0. The molecule has 1 rings (SSSR count). The standard InChI is InChI=1S/C9H14FNO/c1-6(2)7(10)8(12)11-9(3)4-5-9/h4-5H2,1-3H3,(H,11,12). The molecule has 1 aliphatic carbocycles. The van der Waals surface area contributed by atoms with Crippen LogP contribution in [0.3, 0.4) is 0 Å². The number of carbonyl (C=O) groups excluding carboxylic acids is 1. The van der Waals surface area contributed by atoms with E-state index >= 15 is 0 Å². The molecule has 0 bridgehead atoms. The lowest BCUT2D eigenvalue weighted by molar-refractivity contribution is -0.119. The van der Waals surface area contributed by atoms with Crippen LogP contribution >= 0.6 is 0 Å². The maximum Gasteiger partial charge on any atom is 0.280 e. The zero-order valence-corrected chi connectivity index (χ0v) is 7.70. The molecule has 1 amide bonds. The molecule has 12 heavy (non-hydrogen) atoms. The van der Waals surface area contributed by atoms with Crippen molar-refractivity contribution in [2.24, 2.45) is 0 Å². The Labute approximate surface area is 71.8 Å². The van der Waals surface area contributed by atoms with Gasteiger partial charge in [-0.2, -0.15) is 0 Å². The van der Waals surface area contributed by atoms with Crippen LogP contribution in [0, 0.1) is 0 Å². The summed E-state index contributed by atoms with van der Waals surface area (Å²) in [5.74, 6) is -1.22. The van der Waals surface area contributed by atoms with E-state index in [1.54, 1.807) is 13.8 Å². The summed E-state index contributed by atoms with van der Waals surface area (Å²) in [6.45, 7) is 5.09. The smallest absolute Gasteiger partial charge is 0.280 e. The molecule has 68 valence electrons. The molecule has 0 atom stereocenters. The van der Waals surface area contributed by atoms with E-state index in [1.807, 2.05) is 6.92 Å². The lowest BCUT2D eigenvalue weighted by Crippen LogP contribution is -2.34. The third-order valence-electron chi connectivity index (χ3n) is 2.05.